The van der Waals surface area contributed by atoms with Crippen molar-refractivity contribution in [3.05, 3.63) is 48.0 Å². The van der Waals surface area contributed by atoms with Gasteiger partial charge in [0.15, 0.2) is 12.1 Å². The molecule has 6 rings (SSSR count). The van der Waals surface area contributed by atoms with Crippen LogP contribution in [0.2, 0.25) is 0 Å². The standard InChI is InChI=1S/C26H28N4O5/c1-16-6-7-17-20(14-16)27-23(18-4-2-3-5-21(18)31)28-24(17)29-9-11-30(12-10-29)26(32)35-22-15-34-25-19(22)8-13-33-25/h2-7,14,19,22,25,31H,8-13,15H2,1H3/t19-,22+,25?/m1/s1. The number of aromatic hydroxyl groups is 1. The molecule has 1 amide bonds. The molecule has 4 heterocycles. The van der Waals surface area contributed by atoms with Crippen molar-refractivity contribution in [2.45, 2.75) is 25.7 Å². The number of carbonyl (C=O) groups is 1. The van der Waals surface area contributed by atoms with E-state index in [9.17, 15) is 9.90 Å². The van der Waals surface area contributed by atoms with Gasteiger partial charge < -0.3 is 29.1 Å². The first kappa shape index (κ1) is 22.1. The number of aryl methyl sites for hydroxylation is 1. The zero-order chi connectivity index (χ0) is 23.9. The number of hydrogen-bond acceptors (Lipinski definition) is 8. The molecule has 9 nitrogen and oxygen atoms in total. The van der Waals surface area contributed by atoms with Crippen LogP contribution < -0.4 is 4.90 Å². The summed E-state index contributed by atoms with van der Waals surface area (Å²) in [7, 11) is 0. The molecule has 0 saturated carbocycles. The Morgan fingerprint density at radius 1 is 1.09 bits per heavy atom. The molecule has 3 aromatic rings. The average Bonchev–Trinajstić information content (AvgIpc) is 3.49. The van der Waals surface area contributed by atoms with E-state index in [2.05, 4.69) is 4.90 Å². The molecule has 1 unspecified atom stereocenters. The lowest BCUT2D eigenvalue weighted by Crippen LogP contribution is -2.50. The largest absolute Gasteiger partial charge is 0.507 e. The van der Waals surface area contributed by atoms with E-state index < -0.39 is 0 Å². The summed E-state index contributed by atoms with van der Waals surface area (Å²) in [5, 5.41) is 11.3. The number of amides is 1. The van der Waals surface area contributed by atoms with E-state index in [0.29, 0.717) is 50.8 Å². The van der Waals surface area contributed by atoms with Crippen molar-refractivity contribution in [1.82, 2.24) is 14.9 Å². The number of ether oxygens (including phenoxy) is 3. The molecule has 3 fully saturated rings. The first-order chi connectivity index (χ1) is 17.1. The van der Waals surface area contributed by atoms with Crippen molar-refractivity contribution in [3.63, 3.8) is 0 Å². The number of phenols is 1. The van der Waals surface area contributed by atoms with Gasteiger partial charge in [-0.15, -0.1) is 0 Å². The molecule has 2 aromatic carbocycles. The van der Waals surface area contributed by atoms with E-state index in [1.54, 1.807) is 17.0 Å². The van der Waals surface area contributed by atoms with Gasteiger partial charge in [0.2, 0.25) is 0 Å². The molecule has 3 atom stereocenters. The van der Waals surface area contributed by atoms with Gasteiger partial charge in [-0.2, -0.15) is 0 Å². The molecule has 3 aliphatic rings. The van der Waals surface area contributed by atoms with E-state index in [1.807, 2.05) is 37.3 Å². The highest BCUT2D eigenvalue weighted by Gasteiger charge is 2.44. The topological polar surface area (TPSA) is 97.3 Å². The van der Waals surface area contributed by atoms with Crippen LogP contribution in [0.15, 0.2) is 42.5 Å². The molecule has 1 aromatic heterocycles. The number of para-hydroxylation sites is 1. The lowest BCUT2D eigenvalue weighted by atomic mass is 10.0. The number of hydrogen-bond donors (Lipinski definition) is 1. The summed E-state index contributed by atoms with van der Waals surface area (Å²) < 4.78 is 16.9. The summed E-state index contributed by atoms with van der Waals surface area (Å²) in [4.78, 5) is 26.4. The minimum atomic E-state index is -0.302. The summed E-state index contributed by atoms with van der Waals surface area (Å²) in [6.45, 7) is 5.36. The van der Waals surface area contributed by atoms with E-state index in [-0.39, 0.29) is 30.2 Å². The molecule has 0 aliphatic carbocycles. The van der Waals surface area contributed by atoms with Gasteiger partial charge in [-0.1, -0.05) is 18.2 Å². The molecule has 0 spiro atoms. The highest BCUT2D eigenvalue weighted by molar-refractivity contribution is 5.92. The predicted molar refractivity (Wildman–Crippen MR) is 129 cm³/mol. The third-order valence-corrected chi connectivity index (χ3v) is 7.05. The van der Waals surface area contributed by atoms with E-state index in [1.165, 1.54) is 0 Å². The van der Waals surface area contributed by atoms with Crippen LogP contribution in [0, 0.1) is 12.8 Å². The van der Waals surface area contributed by atoms with Crippen LogP contribution >= 0.6 is 0 Å². The molecule has 1 N–H and O–H groups in total. The van der Waals surface area contributed by atoms with Gasteiger partial charge in [0, 0.05) is 31.6 Å². The first-order valence-electron chi connectivity index (χ1n) is 12.1. The Hall–Kier alpha value is -3.43. The van der Waals surface area contributed by atoms with Crippen molar-refractivity contribution in [2.24, 2.45) is 5.92 Å². The van der Waals surface area contributed by atoms with Crippen molar-refractivity contribution < 1.29 is 24.1 Å². The fourth-order valence-electron chi connectivity index (χ4n) is 5.10. The molecule has 3 aliphatic heterocycles. The van der Waals surface area contributed by atoms with Gasteiger partial charge in [-0.3, -0.25) is 0 Å². The normalized spacial score (nSPS) is 24.1. The van der Waals surface area contributed by atoms with Crippen LogP contribution in [0.25, 0.3) is 22.3 Å². The Morgan fingerprint density at radius 2 is 1.91 bits per heavy atom. The van der Waals surface area contributed by atoms with Crippen LogP contribution in [0.5, 0.6) is 5.75 Å². The quantitative estimate of drug-likeness (QED) is 0.615. The summed E-state index contributed by atoms with van der Waals surface area (Å²) in [5.74, 6) is 1.55. The number of aromatic nitrogens is 2. The molecular formula is C26H28N4O5. The minimum Gasteiger partial charge on any atom is -0.507 e. The van der Waals surface area contributed by atoms with Gasteiger partial charge >= 0.3 is 6.09 Å². The molecule has 0 bridgehead atoms. The molecule has 0 radical (unpaired) electrons. The zero-order valence-electron chi connectivity index (χ0n) is 19.6. The fourth-order valence-corrected chi connectivity index (χ4v) is 5.10. The van der Waals surface area contributed by atoms with Gasteiger partial charge in [-0.05, 0) is 43.2 Å². The monoisotopic (exact) mass is 476 g/mol. The number of benzene rings is 2. The highest BCUT2D eigenvalue weighted by Crippen LogP contribution is 2.34. The molecule has 35 heavy (non-hydrogen) atoms. The number of anilines is 1. The zero-order valence-corrected chi connectivity index (χ0v) is 19.6. The second-order valence-electron chi connectivity index (χ2n) is 9.33. The fraction of sp³-hybridized carbons (Fsp3) is 0.423. The summed E-state index contributed by atoms with van der Waals surface area (Å²) in [6.07, 6.45) is 0.0697. The van der Waals surface area contributed by atoms with E-state index in [4.69, 9.17) is 24.2 Å². The SMILES string of the molecule is Cc1ccc2c(N3CCN(C(=O)O[C@H]4COC5OCC[C@@H]54)CC3)nc(-c3ccccc3O)nc2c1. The lowest BCUT2D eigenvalue weighted by Gasteiger charge is -2.36. The number of rotatable bonds is 3. The van der Waals surface area contributed by atoms with Crippen LogP contribution in [-0.2, 0) is 14.2 Å². The van der Waals surface area contributed by atoms with Gasteiger partial charge in [0.05, 0.1) is 30.2 Å². The van der Waals surface area contributed by atoms with Crippen molar-refractivity contribution >= 4 is 22.8 Å². The van der Waals surface area contributed by atoms with Crippen molar-refractivity contribution in [3.8, 4) is 17.1 Å². The lowest BCUT2D eigenvalue weighted by molar-refractivity contribution is -0.0907. The maximum atomic E-state index is 12.8. The smallest absolute Gasteiger partial charge is 0.410 e. The number of nitrogens with zero attached hydrogens (tertiary/aromatic N) is 4. The first-order valence-corrected chi connectivity index (χ1v) is 12.1. The van der Waals surface area contributed by atoms with Gasteiger partial charge in [0.25, 0.3) is 0 Å². The van der Waals surface area contributed by atoms with Crippen LogP contribution in [0.1, 0.15) is 12.0 Å². The minimum absolute atomic E-state index is 0.129. The number of carbonyl (C=O) groups excluding carboxylic acids is 1. The number of piperazine rings is 1. The Balaban J connectivity index is 1.21. The van der Waals surface area contributed by atoms with Crippen LogP contribution in [0.3, 0.4) is 0 Å². The maximum Gasteiger partial charge on any atom is 0.410 e. The number of phenolic OH excluding ortho intramolecular Hbond substituents is 1. The summed E-state index contributed by atoms with van der Waals surface area (Å²) >= 11 is 0. The highest BCUT2D eigenvalue weighted by atomic mass is 16.7. The second-order valence-corrected chi connectivity index (χ2v) is 9.33. The van der Waals surface area contributed by atoms with Crippen molar-refractivity contribution in [2.75, 3.05) is 44.3 Å². The third-order valence-electron chi connectivity index (χ3n) is 7.05. The van der Waals surface area contributed by atoms with Crippen molar-refractivity contribution in [1.29, 1.82) is 0 Å². The van der Waals surface area contributed by atoms with Gasteiger partial charge in [0.1, 0.15) is 17.7 Å². The average molecular weight is 477 g/mol. The van der Waals surface area contributed by atoms with Gasteiger partial charge in [-0.25, -0.2) is 14.8 Å². The molecule has 9 heteroatoms. The van der Waals surface area contributed by atoms with Crippen LogP contribution in [-0.4, -0.2) is 77.9 Å². The Kier molecular flexibility index (Phi) is 5.66. The number of fused-ring (bicyclic) bond motifs is 2. The Bertz CT molecular complexity index is 1260. The second kappa shape index (κ2) is 8.98. The third kappa shape index (κ3) is 4.15. The molecule has 182 valence electrons. The molecule has 3 saturated heterocycles. The maximum absolute atomic E-state index is 12.8. The van der Waals surface area contributed by atoms with E-state index >= 15 is 0 Å². The summed E-state index contributed by atoms with van der Waals surface area (Å²) in [6, 6.07) is 13.2. The van der Waals surface area contributed by atoms with Crippen LogP contribution in [0.4, 0.5) is 10.6 Å². The molecular weight excluding hydrogens is 448 g/mol. The predicted octanol–water partition coefficient (Wildman–Crippen LogP) is 3.33. The van der Waals surface area contributed by atoms with E-state index in [0.717, 1.165) is 28.7 Å². The Labute approximate surface area is 203 Å². The summed E-state index contributed by atoms with van der Waals surface area (Å²) in [5.41, 5.74) is 2.51. The Morgan fingerprint density at radius 3 is 2.74 bits per heavy atom.